The first-order chi connectivity index (χ1) is 6.86. The van der Waals surface area contributed by atoms with E-state index in [9.17, 15) is 4.79 Å². The smallest absolute Gasteiger partial charge is 0.120 e. The Kier molecular flexibility index (Phi) is 5.58. The lowest BCUT2D eigenvalue weighted by molar-refractivity contribution is -0.108. The Hall–Kier alpha value is -0.590. The summed E-state index contributed by atoms with van der Waals surface area (Å²) in [5.74, 6) is 1.45. The van der Waals surface area contributed by atoms with Crippen LogP contribution in [0.15, 0.2) is 12.7 Å². The van der Waals surface area contributed by atoms with Crippen LogP contribution in [0.4, 0.5) is 0 Å². The van der Waals surface area contributed by atoms with Crippen molar-refractivity contribution < 1.29 is 4.79 Å². The van der Waals surface area contributed by atoms with Gasteiger partial charge in [0.2, 0.25) is 0 Å². The van der Waals surface area contributed by atoms with E-state index in [0.29, 0.717) is 5.92 Å². The van der Waals surface area contributed by atoms with E-state index in [2.05, 4.69) is 6.58 Å². The zero-order chi connectivity index (χ0) is 10.2. The van der Waals surface area contributed by atoms with Gasteiger partial charge in [-0.15, -0.1) is 6.58 Å². The van der Waals surface area contributed by atoms with Crippen molar-refractivity contribution in [2.24, 2.45) is 11.8 Å². The quantitative estimate of drug-likeness (QED) is 0.465. The topological polar surface area (TPSA) is 17.1 Å². The highest BCUT2D eigenvalue weighted by Gasteiger charge is 2.17. The lowest BCUT2D eigenvalue weighted by Gasteiger charge is -2.25. The standard InChI is InChI=1S/C13H22O/c1-2-6-12(9-10-14)11-13-7-4-3-5-8-13/h2,10,12-13H,1,3-9,11H2. The number of allylic oxidation sites excluding steroid dienone is 1. The summed E-state index contributed by atoms with van der Waals surface area (Å²) in [6.45, 7) is 3.76. The molecule has 0 spiro atoms. The Morgan fingerprint density at radius 2 is 1.93 bits per heavy atom. The Morgan fingerprint density at radius 1 is 1.21 bits per heavy atom. The Labute approximate surface area is 87.6 Å². The number of hydrogen-bond donors (Lipinski definition) is 0. The van der Waals surface area contributed by atoms with Crippen LogP contribution >= 0.6 is 0 Å². The molecule has 1 saturated carbocycles. The van der Waals surface area contributed by atoms with E-state index in [1.165, 1.54) is 38.5 Å². The number of carbonyl (C=O) groups excluding carboxylic acids is 1. The number of carbonyl (C=O) groups is 1. The zero-order valence-electron chi connectivity index (χ0n) is 9.08. The maximum Gasteiger partial charge on any atom is 0.120 e. The van der Waals surface area contributed by atoms with Crippen molar-refractivity contribution in [3.05, 3.63) is 12.7 Å². The van der Waals surface area contributed by atoms with Gasteiger partial charge in [-0.1, -0.05) is 38.2 Å². The van der Waals surface area contributed by atoms with Gasteiger partial charge in [0.25, 0.3) is 0 Å². The highest BCUT2D eigenvalue weighted by molar-refractivity contribution is 5.49. The molecule has 0 saturated heterocycles. The van der Waals surface area contributed by atoms with Crippen LogP contribution in [0, 0.1) is 11.8 Å². The molecule has 0 bridgehead atoms. The second-order valence-electron chi connectivity index (χ2n) is 4.53. The van der Waals surface area contributed by atoms with Crippen LogP contribution in [0.2, 0.25) is 0 Å². The third kappa shape index (κ3) is 4.08. The highest BCUT2D eigenvalue weighted by Crippen LogP contribution is 2.30. The molecule has 0 N–H and O–H groups in total. The predicted octanol–water partition coefficient (Wildman–Crippen LogP) is 3.74. The summed E-state index contributed by atoms with van der Waals surface area (Å²) in [6, 6.07) is 0. The first-order valence-electron chi connectivity index (χ1n) is 5.91. The van der Waals surface area contributed by atoms with E-state index in [4.69, 9.17) is 0 Å². The van der Waals surface area contributed by atoms with Crippen molar-refractivity contribution in [2.45, 2.75) is 51.4 Å². The lowest BCUT2D eigenvalue weighted by Crippen LogP contribution is -2.12. The molecular formula is C13H22O. The van der Waals surface area contributed by atoms with Crippen LogP contribution in [0.3, 0.4) is 0 Å². The van der Waals surface area contributed by atoms with Crippen molar-refractivity contribution in [2.75, 3.05) is 0 Å². The molecular weight excluding hydrogens is 172 g/mol. The molecule has 0 aliphatic heterocycles. The zero-order valence-corrected chi connectivity index (χ0v) is 9.08. The molecule has 0 aromatic carbocycles. The molecule has 1 rings (SSSR count). The number of aldehydes is 1. The third-order valence-electron chi connectivity index (χ3n) is 3.32. The van der Waals surface area contributed by atoms with Crippen molar-refractivity contribution in [1.82, 2.24) is 0 Å². The molecule has 80 valence electrons. The molecule has 0 radical (unpaired) electrons. The Balaban J connectivity index is 2.28. The summed E-state index contributed by atoms with van der Waals surface area (Å²) < 4.78 is 0. The molecule has 1 nitrogen and oxygen atoms in total. The minimum atomic E-state index is 0.563. The minimum Gasteiger partial charge on any atom is -0.303 e. The molecule has 0 aromatic rings. The van der Waals surface area contributed by atoms with Crippen molar-refractivity contribution in [1.29, 1.82) is 0 Å². The van der Waals surface area contributed by atoms with Gasteiger partial charge in [0.05, 0.1) is 0 Å². The highest BCUT2D eigenvalue weighted by atomic mass is 16.1. The van der Waals surface area contributed by atoms with Gasteiger partial charge < -0.3 is 4.79 Å². The van der Waals surface area contributed by atoms with E-state index < -0.39 is 0 Å². The Bertz CT molecular complexity index is 158. The van der Waals surface area contributed by atoms with Crippen LogP contribution < -0.4 is 0 Å². The van der Waals surface area contributed by atoms with Gasteiger partial charge in [-0.2, -0.15) is 0 Å². The molecule has 1 heteroatoms. The number of rotatable bonds is 6. The van der Waals surface area contributed by atoms with Crippen LogP contribution in [-0.2, 0) is 4.79 Å². The van der Waals surface area contributed by atoms with E-state index >= 15 is 0 Å². The Morgan fingerprint density at radius 3 is 2.50 bits per heavy atom. The average Bonchev–Trinajstić information content (AvgIpc) is 2.20. The second-order valence-corrected chi connectivity index (χ2v) is 4.53. The van der Waals surface area contributed by atoms with Crippen molar-refractivity contribution >= 4 is 6.29 Å². The van der Waals surface area contributed by atoms with E-state index in [1.807, 2.05) is 6.08 Å². The first-order valence-corrected chi connectivity index (χ1v) is 5.91. The van der Waals surface area contributed by atoms with Gasteiger partial charge in [0.1, 0.15) is 6.29 Å². The van der Waals surface area contributed by atoms with E-state index in [-0.39, 0.29) is 0 Å². The van der Waals surface area contributed by atoms with Gasteiger partial charge in [-0.05, 0) is 24.7 Å². The molecule has 1 atom stereocenters. The molecule has 1 aliphatic carbocycles. The van der Waals surface area contributed by atoms with E-state index in [1.54, 1.807) is 0 Å². The fourth-order valence-electron chi connectivity index (χ4n) is 2.55. The van der Waals surface area contributed by atoms with E-state index in [0.717, 1.165) is 25.0 Å². The van der Waals surface area contributed by atoms with Gasteiger partial charge in [-0.3, -0.25) is 0 Å². The minimum absolute atomic E-state index is 0.563. The lowest BCUT2D eigenvalue weighted by atomic mass is 9.81. The van der Waals surface area contributed by atoms with Gasteiger partial charge in [0.15, 0.2) is 0 Å². The maximum absolute atomic E-state index is 10.5. The monoisotopic (exact) mass is 194 g/mol. The summed E-state index contributed by atoms with van der Waals surface area (Å²) in [7, 11) is 0. The van der Waals surface area contributed by atoms with Crippen molar-refractivity contribution in [3.8, 4) is 0 Å². The second kappa shape index (κ2) is 6.80. The molecule has 0 heterocycles. The van der Waals surface area contributed by atoms with Crippen LogP contribution in [-0.4, -0.2) is 6.29 Å². The summed E-state index contributed by atoms with van der Waals surface area (Å²) in [5, 5.41) is 0. The first kappa shape index (κ1) is 11.5. The molecule has 1 aliphatic rings. The molecule has 1 unspecified atom stereocenters. The average molecular weight is 194 g/mol. The summed E-state index contributed by atoms with van der Waals surface area (Å²) in [5.41, 5.74) is 0. The van der Waals surface area contributed by atoms with Crippen LogP contribution in [0.5, 0.6) is 0 Å². The fourth-order valence-corrected chi connectivity index (χ4v) is 2.55. The normalized spacial score (nSPS) is 20.3. The van der Waals surface area contributed by atoms with Crippen LogP contribution in [0.25, 0.3) is 0 Å². The summed E-state index contributed by atoms with van der Waals surface area (Å²) >= 11 is 0. The van der Waals surface area contributed by atoms with Gasteiger partial charge >= 0.3 is 0 Å². The number of hydrogen-bond acceptors (Lipinski definition) is 1. The molecule has 0 amide bonds. The predicted molar refractivity (Wildman–Crippen MR) is 60.2 cm³/mol. The molecule has 1 fully saturated rings. The van der Waals surface area contributed by atoms with Gasteiger partial charge in [-0.25, -0.2) is 0 Å². The van der Waals surface area contributed by atoms with Crippen LogP contribution in [0.1, 0.15) is 51.4 Å². The largest absolute Gasteiger partial charge is 0.303 e. The summed E-state index contributed by atoms with van der Waals surface area (Å²) in [6.07, 6.45) is 13.0. The summed E-state index contributed by atoms with van der Waals surface area (Å²) in [4.78, 5) is 10.5. The third-order valence-corrected chi connectivity index (χ3v) is 3.32. The molecule has 14 heavy (non-hydrogen) atoms. The molecule has 0 aromatic heterocycles. The van der Waals surface area contributed by atoms with Gasteiger partial charge in [0, 0.05) is 6.42 Å². The SMILES string of the molecule is C=CCC(CC=O)CC1CCCCC1. The fraction of sp³-hybridized carbons (Fsp3) is 0.769. The van der Waals surface area contributed by atoms with Crippen molar-refractivity contribution in [3.63, 3.8) is 0 Å². The maximum atomic E-state index is 10.5.